The Balaban J connectivity index is 0.00000152. The highest BCUT2D eigenvalue weighted by molar-refractivity contribution is 5.70. The van der Waals surface area contributed by atoms with Gasteiger partial charge in [0.05, 0.1) is 123 Å². The molecule has 0 aromatic heterocycles. The molecule has 16 aliphatic heterocycles. The number of carboxylic acid groups (broad SMARTS) is 1. The minimum atomic E-state index is -1.54. The summed E-state index contributed by atoms with van der Waals surface area (Å²) in [7, 11) is 0. The normalized spacial score (nSPS) is 55.1. The highest BCUT2D eigenvalue weighted by Gasteiger charge is 2.75. The minimum absolute atomic E-state index is 0.0190. The fourth-order valence-corrected chi connectivity index (χ4v) is 18.3. The fourth-order valence-electron chi connectivity index (χ4n) is 18.3. The van der Waals surface area contributed by atoms with Crippen LogP contribution in [0, 0.1) is 23.7 Å². The van der Waals surface area contributed by atoms with E-state index in [0.717, 1.165) is 43.8 Å². The van der Waals surface area contributed by atoms with Gasteiger partial charge in [-0.25, -0.2) is 0 Å². The molecule has 0 unspecified atom stereocenters. The second-order valence-electron chi connectivity index (χ2n) is 28.3. The summed E-state index contributed by atoms with van der Waals surface area (Å²) in [6.45, 7) is 18.9. The highest BCUT2D eigenvalue weighted by atomic mass is 16.8. The molecule has 0 aliphatic carbocycles. The van der Waals surface area contributed by atoms with Crippen LogP contribution in [0.1, 0.15) is 150 Å². The standard InChI is InChI=1S/C60H87NO19.C2H4O2/c1-26-13-33-7-9-37-27(2)14-35(66-37)11-12-57-25-60(65)56(80-57)55-54(79-60)53(78-57)52-38(70-55)10-8-34(68-52)16-47(64)73-51-31(6)50-43(69-42(51)17-39(67-33)30(26)5)19-41-45(72-50)22-59(74-41)23-46-49(77-59)29(4)21-58(76-46)20-28(3)48-44(75-58)18-40(71-48)36(63)15-32(62)24-61;1-2(3)4/h26,28-29,31-46,48-56,62-63,65H,2,5,7-25,61H2,1,3-4,6H3;1H3,(H,3,4)/t26-,28+,29+,31+,32-,33+,34-,35+,36+,37+,38+,39-,40+,41-,42+,43+,44+,45-,46+,48+,49+,50+,51-,52+,53+,54+,55-,56-,57-,58-,59+,60-;/m1./s1. The van der Waals surface area contributed by atoms with Crippen molar-refractivity contribution in [3.63, 3.8) is 0 Å². The fraction of sp³-hybridized carbons (Fsp3) is 0.903. The lowest BCUT2D eigenvalue weighted by Gasteiger charge is -2.50. The number of aliphatic carboxylic acids is 1. The van der Waals surface area contributed by atoms with Crippen LogP contribution in [0.4, 0.5) is 0 Å². The van der Waals surface area contributed by atoms with Gasteiger partial charge in [0, 0.05) is 77.2 Å². The zero-order valence-electron chi connectivity index (χ0n) is 49.3. The lowest BCUT2D eigenvalue weighted by atomic mass is 9.79. The largest absolute Gasteiger partial charge is 0.481 e. The summed E-state index contributed by atoms with van der Waals surface area (Å²) in [5, 5.41) is 40.5. The predicted octanol–water partition coefficient (Wildman–Crippen LogP) is 4.30. The van der Waals surface area contributed by atoms with Crippen LogP contribution in [-0.4, -0.2) is 209 Å². The van der Waals surface area contributed by atoms with Gasteiger partial charge < -0.3 is 97.2 Å². The quantitative estimate of drug-likeness (QED) is 0.194. The van der Waals surface area contributed by atoms with E-state index in [9.17, 15) is 20.1 Å². The molecule has 16 heterocycles. The van der Waals surface area contributed by atoms with Crippen molar-refractivity contribution in [3.05, 3.63) is 24.3 Å². The van der Waals surface area contributed by atoms with Gasteiger partial charge in [-0.2, -0.15) is 0 Å². The number of hydrogen-bond acceptors (Lipinski definition) is 21. The van der Waals surface area contributed by atoms with Crippen molar-refractivity contribution in [2.45, 2.75) is 320 Å². The van der Waals surface area contributed by atoms with Crippen molar-refractivity contribution >= 4 is 11.9 Å². The van der Waals surface area contributed by atoms with Crippen LogP contribution in [0.15, 0.2) is 24.3 Å². The maximum Gasteiger partial charge on any atom is 0.308 e. The second kappa shape index (κ2) is 22.3. The third-order valence-corrected chi connectivity index (χ3v) is 22.1. The molecule has 12 bridgehead atoms. The predicted molar refractivity (Wildman–Crippen MR) is 290 cm³/mol. The number of carbonyl (C=O) groups is 2. The Morgan fingerprint density at radius 2 is 1.26 bits per heavy atom. The van der Waals surface area contributed by atoms with Crippen LogP contribution in [0.3, 0.4) is 0 Å². The molecule has 470 valence electrons. The molecule has 22 heteroatoms. The number of aliphatic hydroxyl groups excluding tert-OH is 2. The van der Waals surface area contributed by atoms with Crippen molar-refractivity contribution < 1.29 is 101 Å². The van der Waals surface area contributed by atoms with Crippen LogP contribution < -0.4 is 5.73 Å². The Labute approximate surface area is 491 Å². The van der Waals surface area contributed by atoms with Gasteiger partial charge in [-0.3, -0.25) is 9.59 Å². The van der Waals surface area contributed by atoms with E-state index in [4.69, 9.17) is 86.7 Å². The molecule has 16 aliphatic rings. The van der Waals surface area contributed by atoms with E-state index in [1.165, 1.54) is 0 Å². The number of carboxylic acids is 1. The number of fused-ring (bicyclic) bond motifs is 10. The Bertz CT molecular complexity index is 2500. The van der Waals surface area contributed by atoms with Crippen molar-refractivity contribution in [2.24, 2.45) is 29.4 Å². The number of esters is 1. The molecule has 6 N–H and O–H groups in total. The molecule has 0 amide bonds. The average molecular weight is 1190 g/mol. The van der Waals surface area contributed by atoms with E-state index >= 15 is 0 Å². The Hall–Kier alpha value is -2.30. The molecule has 22 nitrogen and oxygen atoms in total. The number of carbonyl (C=O) groups excluding carboxylic acids is 1. The van der Waals surface area contributed by atoms with Crippen molar-refractivity contribution in [1.29, 1.82) is 0 Å². The van der Waals surface area contributed by atoms with Crippen LogP contribution in [-0.2, 0) is 80.6 Å². The molecule has 0 aromatic rings. The maximum absolute atomic E-state index is 14.6. The van der Waals surface area contributed by atoms with Crippen LogP contribution >= 0.6 is 0 Å². The van der Waals surface area contributed by atoms with Gasteiger partial charge in [-0.05, 0) is 73.8 Å². The van der Waals surface area contributed by atoms with Gasteiger partial charge in [0.2, 0.25) is 5.79 Å². The van der Waals surface area contributed by atoms with Gasteiger partial charge >= 0.3 is 5.97 Å². The maximum atomic E-state index is 14.6. The van der Waals surface area contributed by atoms with Crippen molar-refractivity contribution in [2.75, 3.05) is 6.54 Å². The topological polar surface area (TPSA) is 280 Å². The first-order chi connectivity index (χ1) is 40.1. The number of nitrogens with two attached hydrogens (primary N) is 1. The first-order valence-electron chi connectivity index (χ1n) is 31.9. The average Bonchev–Trinajstić information content (AvgIpc) is 1.56. The van der Waals surface area contributed by atoms with Gasteiger partial charge in [-0.15, -0.1) is 0 Å². The third kappa shape index (κ3) is 10.7. The van der Waals surface area contributed by atoms with Gasteiger partial charge in [-0.1, -0.05) is 40.9 Å². The summed E-state index contributed by atoms with van der Waals surface area (Å²) in [6.07, 6.45) is -0.166. The Kier molecular flexibility index (Phi) is 15.7. The molecular weight excluding hydrogens is 1090 g/mol. The van der Waals surface area contributed by atoms with Gasteiger partial charge in [0.15, 0.2) is 17.4 Å². The summed E-state index contributed by atoms with van der Waals surface area (Å²) in [5.41, 5.74) is 7.74. The van der Waals surface area contributed by atoms with Crippen LogP contribution in [0.2, 0.25) is 0 Å². The molecule has 84 heavy (non-hydrogen) atoms. The van der Waals surface area contributed by atoms with E-state index in [-0.39, 0.29) is 129 Å². The number of hydrogen-bond donors (Lipinski definition) is 5. The van der Waals surface area contributed by atoms with Crippen molar-refractivity contribution in [1.82, 2.24) is 0 Å². The lowest BCUT2D eigenvalue weighted by Crippen LogP contribution is -2.62. The molecule has 32 atom stereocenters. The lowest BCUT2D eigenvalue weighted by molar-refractivity contribution is -0.347. The summed E-state index contributed by atoms with van der Waals surface area (Å²) < 4.78 is 103. The van der Waals surface area contributed by atoms with E-state index < -0.39 is 102 Å². The highest BCUT2D eigenvalue weighted by Crippen LogP contribution is 2.59. The number of aliphatic hydroxyl groups is 3. The summed E-state index contributed by atoms with van der Waals surface area (Å²) >= 11 is 0. The van der Waals surface area contributed by atoms with E-state index in [2.05, 4.69) is 40.9 Å². The zero-order chi connectivity index (χ0) is 58.5. The second-order valence-corrected chi connectivity index (χ2v) is 28.3. The first-order valence-corrected chi connectivity index (χ1v) is 31.9. The first kappa shape index (κ1) is 59.3. The molecule has 16 saturated heterocycles. The monoisotopic (exact) mass is 1190 g/mol. The third-order valence-electron chi connectivity index (χ3n) is 22.1. The van der Waals surface area contributed by atoms with Crippen LogP contribution in [0.5, 0.6) is 0 Å². The summed E-state index contributed by atoms with van der Waals surface area (Å²) in [5.74, 6) is -5.48. The molecular formula is C62H91NO21. The van der Waals surface area contributed by atoms with Gasteiger partial charge in [0.25, 0.3) is 5.97 Å². The molecule has 0 radical (unpaired) electrons. The minimum Gasteiger partial charge on any atom is -0.481 e. The number of rotatable bonds is 4. The molecule has 16 rings (SSSR count). The Morgan fingerprint density at radius 3 is 2.06 bits per heavy atom. The molecule has 0 saturated carbocycles. The van der Waals surface area contributed by atoms with E-state index in [1.807, 2.05) is 0 Å². The van der Waals surface area contributed by atoms with Crippen molar-refractivity contribution in [3.8, 4) is 0 Å². The molecule has 3 spiro atoms. The number of ether oxygens (including phenoxy) is 15. The zero-order valence-corrected chi connectivity index (χ0v) is 49.3. The summed E-state index contributed by atoms with van der Waals surface area (Å²) in [4.78, 5) is 23.6. The van der Waals surface area contributed by atoms with E-state index in [0.29, 0.717) is 70.6 Å². The smallest absolute Gasteiger partial charge is 0.308 e. The Morgan fingerprint density at radius 1 is 0.595 bits per heavy atom. The molecule has 0 aromatic carbocycles. The van der Waals surface area contributed by atoms with E-state index in [1.54, 1.807) is 0 Å². The SMILES string of the molecule is C=C1C[C@@H]2CC[C@@]34C[C@@]5(O)O[C@H]6[C@@H](O3)[C@H]3O[C@H](CC[C@@H]3O[C@H]6[C@H]5O4)CC(=O)O[C@@H]3[C@@H](C)[C@@H]4O[C@@H]5C[C@]6(C[C@@H]7O[C@]8(C[C@H](C)[C@@H]9O[C@H]([C@@H](O)C[C@@H](O)CN)C[C@@H]9O8)C[C@H](C)[C@@H]7O6)O[C@@H]5C[C@@H]4O[C@H]3C[C@H]3O[C@@H](CC[C@@H]1O2)C[C@@H](C)C3=C.CC(=O)O. The van der Waals surface area contributed by atoms with Crippen LogP contribution in [0.25, 0.3) is 0 Å². The van der Waals surface area contributed by atoms with Gasteiger partial charge in [0.1, 0.15) is 36.6 Å². The molecule has 16 fully saturated rings. The summed E-state index contributed by atoms with van der Waals surface area (Å²) in [6, 6.07) is 0.